The molecule has 3 aromatic rings. The summed E-state index contributed by atoms with van der Waals surface area (Å²) in [6.45, 7) is 9.43. The lowest BCUT2D eigenvalue weighted by atomic mass is 10.1. The zero-order chi connectivity index (χ0) is 20.9. The van der Waals surface area contributed by atoms with Crippen LogP contribution in [-0.2, 0) is 11.2 Å². The van der Waals surface area contributed by atoms with Crippen LogP contribution in [0.5, 0.6) is 0 Å². The van der Waals surface area contributed by atoms with Gasteiger partial charge in [0.2, 0.25) is 5.91 Å². The molecular weight excluding hydrogens is 392 g/mol. The van der Waals surface area contributed by atoms with Crippen LogP contribution >= 0.6 is 11.3 Å². The Kier molecular flexibility index (Phi) is 6.45. The molecule has 0 saturated carbocycles. The Hall–Kier alpha value is -2.70. The Morgan fingerprint density at radius 3 is 2.67 bits per heavy atom. The summed E-state index contributed by atoms with van der Waals surface area (Å²) in [5.41, 5.74) is 5.09. The molecule has 6 heteroatoms. The fourth-order valence-corrected chi connectivity index (χ4v) is 4.63. The standard InChI is InChI=1S/C24H28N4OS/c1-3-27-11-13-28(14-12-27)22-10-5-4-9-21(22)26-23(29)16-20-17-30-24(25-20)19-8-6-7-18(2)15-19/h4-10,15,17H,3,11-14,16H2,1-2H3,(H,26,29). The highest BCUT2D eigenvalue weighted by Crippen LogP contribution is 2.28. The highest BCUT2D eigenvalue weighted by Gasteiger charge is 2.19. The Morgan fingerprint density at radius 1 is 1.10 bits per heavy atom. The third-order valence-corrected chi connectivity index (χ3v) is 6.44. The molecule has 1 saturated heterocycles. The SMILES string of the molecule is CCN1CCN(c2ccccc2NC(=O)Cc2csc(-c3cccc(C)c3)n2)CC1. The largest absolute Gasteiger partial charge is 0.367 e. The van der Waals surface area contributed by atoms with Crippen molar-refractivity contribution in [3.05, 3.63) is 65.2 Å². The van der Waals surface area contributed by atoms with Crippen LogP contribution in [0.3, 0.4) is 0 Å². The fourth-order valence-electron chi connectivity index (χ4n) is 3.82. The van der Waals surface area contributed by atoms with E-state index in [2.05, 4.69) is 58.2 Å². The normalized spacial score (nSPS) is 14.7. The highest BCUT2D eigenvalue weighted by molar-refractivity contribution is 7.13. The lowest BCUT2D eigenvalue weighted by Crippen LogP contribution is -2.46. The van der Waals surface area contributed by atoms with Crippen LogP contribution in [0.2, 0.25) is 0 Å². The molecule has 1 aliphatic heterocycles. The van der Waals surface area contributed by atoms with Gasteiger partial charge < -0.3 is 15.1 Å². The van der Waals surface area contributed by atoms with Crippen molar-refractivity contribution in [1.82, 2.24) is 9.88 Å². The number of para-hydroxylation sites is 2. The molecule has 1 aliphatic rings. The van der Waals surface area contributed by atoms with Gasteiger partial charge >= 0.3 is 0 Å². The topological polar surface area (TPSA) is 48.5 Å². The van der Waals surface area contributed by atoms with Crippen molar-refractivity contribution in [2.24, 2.45) is 0 Å². The first-order valence-electron chi connectivity index (χ1n) is 10.5. The van der Waals surface area contributed by atoms with E-state index >= 15 is 0 Å². The molecule has 2 aromatic carbocycles. The summed E-state index contributed by atoms with van der Waals surface area (Å²) in [7, 11) is 0. The molecule has 4 rings (SSSR count). The lowest BCUT2D eigenvalue weighted by Gasteiger charge is -2.36. The van der Waals surface area contributed by atoms with E-state index in [9.17, 15) is 4.79 Å². The summed E-state index contributed by atoms with van der Waals surface area (Å²) in [6, 6.07) is 16.4. The van der Waals surface area contributed by atoms with E-state index in [-0.39, 0.29) is 12.3 Å². The van der Waals surface area contributed by atoms with E-state index in [0.717, 1.165) is 60.4 Å². The maximum absolute atomic E-state index is 12.7. The molecule has 0 spiro atoms. The first kappa shape index (κ1) is 20.6. The van der Waals surface area contributed by atoms with E-state index in [1.54, 1.807) is 11.3 Å². The van der Waals surface area contributed by atoms with Gasteiger partial charge in [0.25, 0.3) is 0 Å². The van der Waals surface area contributed by atoms with Gasteiger partial charge in [0.15, 0.2) is 0 Å². The van der Waals surface area contributed by atoms with Gasteiger partial charge in [-0.2, -0.15) is 0 Å². The van der Waals surface area contributed by atoms with Gasteiger partial charge in [0.1, 0.15) is 5.01 Å². The van der Waals surface area contributed by atoms with Crippen molar-refractivity contribution in [3.8, 4) is 10.6 Å². The van der Waals surface area contributed by atoms with Gasteiger partial charge in [-0.3, -0.25) is 4.79 Å². The van der Waals surface area contributed by atoms with Gasteiger partial charge in [-0.15, -0.1) is 11.3 Å². The molecule has 0 bridgehead atoms. The van der Waals surface area contributed by atoms with E-state index in [1.807, 2.05) is 29.6 Å². The summed E-state index contributed by atoms with van der Waals surface area (Å²) in [6.07, 6.45) is 0.278. The first-order valence-corrected chi connectivity index (χ1v) is 11.4. The minimum Gasteiger partial charge on any atom is -0.367 e. The average Bonchev–Trinajstić information content (AvgIpc) is 3.22. The lowest BCUT2D eigenvalue weighted by molar-refractivity contribution is -0.115. The number of nitrogens with zero attached hydrogens (tertiary/aromatic N) is 3. The van der Waals surface area contributed by atoms with Crippen LogP contribution in [0.15, 0.2) is 53.9 Å². The zero-order valence-corrected chi connectivity index (χ0v) is 18.4. The Labute approximate surface area is 182 Å². The van der Waals surface area contributed by atoms with Crippen LogP contribution in [0, 0.1) is 6.92 Å². The maximum atomic E-state index is 12.7. The summed E-state index contributed by atoms with van der Waals surface area (Å²) in [5.74, 6) is -0.0317. The Bertz CT molecular complexity index is 1010. The second-order valence-electron chi connectivity index (χ2n) is 7.68. The predicted molar refractivity (Wildman–Crippen MR) is 125 cm³/mol. The van der Waals surface area contributed by atoms with Crippen LogP contribution in [0.1, 0.15) is 18.2 Å². The number of hydrogen-bond acceptors (Lipinski definition) is 5. The summed E-state index contributed by atoms with van der Waals surface area (Å²) >= 11 is 1.58. The monoisotopic (exact) mass is 420 g/mol. The van der Waals surface area contributed by atoms with Crippen molar-refractivity contribution >= 4 is 28.6 Å². The van der Waals surface area contributed by atoms with Crippen molar-refractivity contribution in [1.29, 1.82) is 0 Å². The number of hydrogen-bond donors (Lipinski definition) is 1. The minimum absolute atomic E-state index is 0.0317. The zero-order valence-electron chi connectivity index (χ0n) is 17.6. The molecular formula is C24H28N4OS. The van der Waals surface area contributed by atoms with Crippen molar-refractivity contribution < 1.29 is 4.79 Å². The van der Waals surface area contributed by atoms with Crippen LogP contribution in [-0.4, -0.2) is 48.5 Å². The Balaban J connectivity index is 1.42. The number of benzene rings is 2. The van der Waals surface area contributed by atoms with Crippen molar-refractivity contribution in [2.75, 3.05) is 42.9 Å². The molecule has 0 unspecified atom stereocenters. The second kappa shape index (κ2) is 9.41. The molecule has 30 heavy (non-hydrogen) atoms. The van der Waals surface area contributed by atoms with E-state index in [4.69, 9.17) is 0 Å². The van der Waals surface area contributed by atoms with Gasteiger partial charge in [-0.05, 0) is 31.7 Å². The Morgan fingerprint density at radius 2 is 1.90 bits per heavy atom. The van der Waals surface area contributed by atoms with Gasteiger partial charge in [-0.1, -0.05) is 42.8 Å². The maximum Gasteiger partial charge on any atom is 0.230 e. The number of anilines is 2. The van der Waals surface area contributed by atoms with Crippen LogP contribution in [0.4, 0.5) is 11.4 Å². The molecule has 0 aliphatic carbocycles. The van der Waals surface area contributed by atoms with Gasteiger partial charge in [-0.25, -0.2) is 4.98 Å². The number of nitrogens with one attached hydrogen (secondary N) is 1. The number of carbonyl (C=O) groups is 1. The number of carbonyl (C=O) groups excluding carboxylic acids is 1. The quantitative estimate of drug-likeness (QED) is 0.640. The van der Waals surface area contributed by atoms with E-state index in [1.165, 1.54) is 5.56 Å². The number of aromatic nitrogens is 1. The first-order chi connectivity index (χ1) is 14.6. The third kappa shape index (κ3) is 4.89. The van der Waals surface area contributed by atoms with E-state index < -0.39 is 0 Å². The number of piperazine rings is 1. The number of thiazole rings is 1. The molecule has 0 radical (unpaired) electrons. The predicted octanol–water partition coefficient (Wildman–Crippen LogP) is 4.44. The summed E-state index contributed by atoms with van der Waals surface area (Å²) in [5, 5.41) is 6.04. The van der Waals surface area contributed by atoms with Crippen LogP contribution < -0.4 is 10.2 Å². The van der Waals surface area contributed by atoms with Gasteiger partial charge in [0.05, 0.1) is 23.5 Å². The van der Waals surface area contributed by atoms with E-state index in [0.29, 0.717) is 0 Å². The molecule has 1 N–H and O–H groups in total. The van der Waals surface area contributed by atoms with Crippen molar-refractivity contribution in [3.63, 3.8) is 0 Å². The van der Waals surface area contributed by atoms with Gasteiger partial charge in [0, 0.05) is 37.1 Å². The molecule has 156 valence electrons. The summed E-state index contributed by atoms with van der Waals surface area (Å²) < 4.78 is 0. The molecule has 0 atom stereocenters. The van der Waals surface area contributed by atoms with Crippen molar-refractivity contribution in [2.45, 2.75) is 20.3 Å². The molecule has 5 nitrogen and oxygen atoms in total. The number of likely N-dealkylation sites (N-methyl/N-ethyl adjacent to an activating group) is 1. The number of amides is 1. The number of aryl methyl sites for hydroxylation is 1. The smallest absolute Gasteiger partial charge is 0.230 e. The second-order valence-corrected chi connectivity index (χ2v) is 8.53. The molecule has 2 heterocycles. The third-order valence-electron chi connectivity index (χ3n) is 5.50. The minimum atomic E-state index is -0.0317. The molecule has 1 aromatic heterocycles. The fraction of sp³-hybridized carbons (Fsp3) is 0.333. The molecule has 1 fully saturated rings. The highest BCUT2D eigenvalue weighted by atomic mass is 32.1. The number of rotatable bonds is 6. The summed E-state index contributed by atoms with van der Waals surface area (Å²) in [4.78, 5) is 22.2. The molecule has 1 amide bonds. The van der Waals surface area contributed by atoms with Crippen LogP contribution in [0.25, 0.3) is 10.6 Å². The average molecular weight is 421 g/mol.